The van der Waals surface area contributed by atoms with E-state index in [0.29, 0.717) is 0 Å². The second-order valence-corrected chi connectivity index (χ2v) is 2.92. The van der Waals surface area contributed by atoms with E-state index >= 15 is 0 Å². The molecule has 0 fully saturated rings. The van der Waals surface area contributed by atoms with Crippen molar-refractivity contribution in [2.45, 2.75) is 19.4 Å². The molecule has 5 nitrogen and oxygen atoms in total. The van der Waals surface area contributed by atoms with E-state index < -0.39 is 25.2 Å². The largest absolute Gasteiger partial charge is 0.522 e. The average molecular weight is 238 g/mol. The highest BCUT2D eigenvalue weighted by Gasteiger charge is 2.30. The van der Waals surface area contributed by atoms with Crippen molar-refractivity contribution in [2.24, 2.45) is 0 Å². The maximum absolute atomic E-state index is 11.6. The molecule has 0 radical (unpaired) electrons. The molecule has 0 saturated heterocycles. The van der Waals surface area contributed by atoms with E-state index in [1.165, 1.54) is 25.6 Å². The standard InChI is InChI=1S/C8H9F3N2O3/c1-6(4-15-8(9,10)11)16-7(14)13-3-2-12-5-13/h2-3,5-6H,4H2,1H3/t6-/m0/s1. The lowest BCUT2D eigenvalue weighted by molar-refractivity contribution is -0.329. The van der Waals surface area contributed by atoms with Gasteiger partial charge in [0, 0.05) is 12.4 Å². The molecule has 0 unspecified atom stereocenters. The Bertz CT molecular complexity index is 337. The lowest BCUT2D eigenvalue weighted by Crippen LogP contribution is -2.26. The third kappa shape index (κ3) is 4.30. The molecule has 0 aliphatic carbocycles. The third-order valence-corrected chi connectivity index (χ3v) is 1.50. The van der Waals surface area contributed by atoms with E-state index in [1.807, 2.05) is 0 Å². The number of carbonyl (C=O) groups is 1. The van der Waals surface area contributed by atoms with Crippen LogP contribution in [0.2, 0.25) is 0 Å². The van der Waals surface area contributed by atoms with Gasteiger partial charge in [-0.25, -0.2) is 14.3 Å². The molecule has 1 atom stereocenters. The van der Waals surface area contributed by atoms with Gasteiger partial charge in [-0.05, 0) is 6.92 Å². The zero-order chi connectivity index (χ0) is 12.2. The number of hydrogen-bond acceptors (Lipinski definition) is 4. The zero-order valence-electron chi connectivity index (χ0n) is 8.27. The highest BCUT2D eigenvalue weighted by atomic mass is 19.4. The molecule has 0 saturated carbocycles. The maximum atomic E-state index is 11.6. The van der Waals surface area contributed by atoms with E-state index in [-0.39, 0.29) is 0 Å². The average Bonchev–Trinajstić information content (AvgIpc) is 2.66. The van der Waals surface area contributed by atoms with Crippen molar-refractivity contribution in [3.8, 4) is 0 Å². The third-order valence-electron chi connectivity index (χ3n) is 1.50. The van der Waals surface area contributed by atoms with Crippen LogP contribution in [-0.4, -0.2) is 34.7 Å². The van der Waals surface area contributed by atoms with Crippen molar-refractivity contribution in [3.05, 3.63) is 18.7 Å². The molecule has 0 spiro atoms. The monoisotopic (exact) mass is 238 g/mol. The summed E-state index contributed by atoms with van der Waals surface area (Å²) in [6, 6.07) is 0. The molecule has 1 heterocycles. The summed E-state index contributed by atoms with van der Waals surface area (Å²) in [5.41, 5.74) is 0. The summed E-state index contributed by atoms with van der Waals surface area (Å²) < 4.78 is 44.1. The van der Waals surface area contributed by atoms with Gasteiger partial charge in [-0.1, -0.05) is 0 Å². The topological polar surface area (TPSA) is 53.4 Å². The first kappa shape index (κ1) is 12.5. The van der Waals surface area contributed by atoms with Crippen LogP contribution in [0.1, 0.15) is 6.92 Å². The van der Waals surface area contributed by atoms with Crippen LogP contribution >= 0.6 is 0 Å². The van der Waals surface area contributed by atoms with Gasteiger partial charge in [-0.3, -0.25) is 4.74 Å². The van der Waals surface area contributed by atoms with Gasteiger partial charge < -0.3 is 4.74 Å². The molecule has 8 heteroatoms. The molecule has 16 heavy (non-hydrogen) atoms. The van der Waals surface area contributed by atoms with Gasteiger partial charge in [0.1, 0.15) is 12.4 Å². The number of nitrogens with zero attached hydrogens (tertiary/aromatic N) is 2. The van der Waals surface area contributed by atoms with Crippen LogP contribution in [0, 0.1) is 0 Å². The molecule has 0 aromatic carbocycles. The molecular formula is C8H9F3N2O3. The van der Waals surface area contributed by atoms with Gasteiger partial charge in [0.25, 0.3) is 0 Å². The van der Waals surface area contributed by atoms with Crippen molar-refractivity contribution in [2.75, 3.05) is 6.61 Å². The zero-order valence-corrected chi connectivity index (χ0v) is 8.27. The Labute approximate surface area is 88.8 Å². The Kier molecular flexibility index (Phi) is 3.88. The van der Waals surface area contributed by atoms with Gasteiger partial charge in [0.15, 0.2) is 0 Å². The van der Waals surface area contributed by atoms with Crippen molar-refractivity contribution < 1.29 is 27.4 Å². The summed E-state index contributed by atoms with van der Waals surface area (Å²) in [5.74, 6) is 0. The summed E-state index contributed by atoms with van der Waals surface area (Å²) in [6.45, 7) is 0.546. The highest BCUT2D eigenvalue weighted by Crippen LogP contribution is 2.16. The fourth-order valence-electron chi connectivity index (χ4n) is 0.846. The predicted octanol–water partition coefficient (Wildman–Crippen LogP) is 1.79. The van der Waals surface area contributed by atoms with Crippen LogP contribution in [0.5, 0.6) is 0 Å². The maximum Gasteiger partial charge on any atom is 0.522 e. The van der Waals surface area contributed by atoms with Gasteiger partial charge in [0.05, 0.1) is 6.61 Å². The first-order valence-electron chi connectivity index (χ1n) is 4.28. The molecule has 0 bridgehead atoms. The second kappa shape index (κ2) is 4.97. The van der Waals surface area contributed by atoms with Crippen molar-refractivity contribution >= 4 is 6.09 Å². The van der Waals surface area contributed by atoms with E-state index in [1.54, 1.807) is 0 Å². The van der Waals surface area contributed by atoms with Crippen LogP contribution in [0.15, 0.2) is 18.7 Å². The quantitative estimate of drug-likeness (QED) is 0.805. The van der Waals surface area contributed by atoms with Gasteiger partial charge in [-0.2, -0.15) is 0 Å². The van der Waals surface area contributed by atoms with Crippen LogP contribution in [0.25, 0.3) is 0 Å². The first-order valence-corrected chi connectivity index (χ1v) is 4.28. The van der Waals surface area contributed by atoms with E-state index in [0.717, 1.165) is 4.57 Å². The SMILES string of the molecule is C[C@@H](COC(F)(F)F)OC(=O)n1ccnc1. The van der Waals surface area contributed by atoms with E-state index in [9.17, 15) is 18.0 Å². The summed E-state index contributed by atoms with van der Waals surface area (Å²) in [4.78, 5) is 14.8. The molecule has 1 aromatic rings. The lowest BCUT2D eigenvalue weighted by Gasteiger charge is -2.14. The molecule has 90 valence electrons. The van der Waals surface area contributed by atoms with Crippen molar-refractivity contribution in [1.29, 1.82) is 0 Å². The van der Waals surface area contributed by atoms with Crippen molar-refractivity contribution in [1.82, 2.24) is 9.55 Å². The summed E-state index contributed by atoms with van der Waals surface area (Å²) in [6.07, 6.45) is -2.69. The number of hydrogen-bond donors (Lipinski definition) is 0. The van der Waals surface area contributed by atoms with Crippen LogP contribution in [0.3, 0.4) is 0 Å². The van der Waals surface area contributed by atoms with E-state index in [2.05, 4.69) is 14.5 Å². The van der Waals surface area contributed by atoms with Crippen LogP contribution in [-0.2, 0) is 9.47 Å². The number of carbonyl (C=O) groups excluding carboxylic acids is 1. The molecule has 0 amide bonds. The Morgan fingerprint density at radius 3 is 2.75 bits per heavy atom. The van der Waals surface area contributed by atoms with Gasteiger partial charge in [0.2, 0.25) is 0 Å². The second-order valence-electron chi connectivity index (χ2n) is 2.92. The molecule has 0 N–H and O–H groups in total. The fraction of sp³-hybridized carbons (Fsp3) is 0.500. The van der Waals surface area contributed by atoms with Crippen LogP contribution < -0.4 is 0 Å². The molecular weight excluding hydrogens is 229 g/mol. The Morgan fingerprint density at radius 2 is 2.25 bits per heavy atom. The van der Waals surface area contributed by atoms with Crippen LogP contribution in [0.4, 0.5) is 18.0 Å². The van der Waals surface area contributed by atoms with E-state index in [4.69, 9.17) is 0 Å². The Hall–Kier alpha value is -1.57. The summed E-state index contributed by atoms with van der Waals surface area (Å²) in [5, 5.41) is 0. The normalized spacial score (nSPS) is 13.5. The Balaban J connectivity index is 2.35. The number of alkyl halides is 3. The highest BCUT2D eigenvalue weighted by molar-refractivity contribution is 5.70. The molecule has 1 aromatic heterocycles. The fourth-order valence-corrected chi connectivity index (χ4v) is 0.846. The first-order chi connectivity index (χ1) is 7.38. The molecule has 0 aliphatic rings. The molecule has 1 rings (SSSR count). The summed E-state index contributed by atoms with van der Waals surface area (Å²) in [7, 11) is 0. The number of imidazole rings is 1. The minimum absolute atomic E-state index is 0.746. The number of rotatable bonds is 3. The smallest absolute Gasteiger partial charge is 0.443 e. The number of ether oxygens (including phenoxy) is 2. The summed E-state index contributed by atoms with van der Waals surface area (Å²) >= 11 is 0. The van der Waals surface area contributed by atoms with Gasteiger partial charge in [-0.15, -0.1) is 13.2 Å². The number of aromatic nitrogens is 2. The molecule has 0 aliphatic heterocycles. The number of halogens is 3. The van der Waals surface area contributed by atoms with Crippen molar-refractivity contribution in [3.63, 3.8) is 0 Å². The lowest BCUT2D eigenvalue weighted by atomic mass is 10.4. The predicted molar refractivity (Wildman–Crippen MR) is 45.6 cm³/mol. The minimum Gasteiger partial charge on any atom is -0.443 e. The Morgan fingerprint density at radius 1 is 1.56 bits per heavy atom. The minimum atomic E-state index is -4.73. The van der Waals surface area contributed by atoms with Gasteiger partial charge >= 0.3 is 12.5 Å².